The first kappa shape index (κ1) is 13.4. The van der Waals surface area contributed by atoms with E-state index in [9.17, 15) is 8.78 Å². The van der Waals surface area contributed by atoms with Gasteiger partial charge in [-0.25, -0.2) is 8.78 Å². The standard InChI is InChI=1S/C14H20F2N2/c15-13-4-5-14(16)12(10-13)11-17-6-3-9-18-7-1-2-8-18/h4-5,10,17H,1-3,6-9,11H2. The number of nitrogens with one attached hydrogen (secondary N) is 1. The molecule has 0 aliphatic carbocycles. The molecule has 1 aliphatic rings. The van der Waals surface area contributed by atoms with Gasteiger partial charge in [0, 0.05) is 12.1 Å². The first-order chi connectivity index (χ1) is 8.75. The van der Waals surface area contributed by atoms with Crippen LogP contribution >= 0.6 is 0 Å². The van der Waals surface area contributed by atoms with Crippen LogP contribution in [0.3, 0.4) is 0 Å². The van der Waals surface area contributed by atoms with Gasteiger partial charge in [-0.1, -0.05) is 0 Å². The molecule has 0 spiro atoms. The van der Waals surface area contributed by atoms with Crippen molar-refractivity contribution in [1.29, 1.82) is 0 Å². The highest BCUT2D eigenvalue weighted by molar-refractivity contribution is 5.18. The largest absolute Gasteiger partial charge is 0.313 e. The van der Waals surface area contributed by atoms with Gasteiger partial charge in [-0.2, -0.15) is 0 Å². The molecule has 1 aromatic rings. The van der Waals surface area contributed by atoms with E-state index in [0.717, 1.165) is 25.6 Å². The Hall–Kier alpha value is -1.00. The quantitative estimate of drug-likeness (QED) is 0.785. The first-order valence-corrected chi connectivity index (χ1v) is 6.63. The lowest BCUT2D eigenvalue weighted by Crippen LogP contribution is -2.24. The second kappa shape index (κ2) is 6.81. The summed E-state index contributed by atoms with van der Waals surface area (Å²) in [6.45, 7) is 4.74. The zero-order valence-corrected chi connectivity index (χ0v) is 10.6. The Balaban J connectivity index is 1.64. The number of benzene rings is 1. The Labute approximate surface area is 107 Å². The van der Waals surface area contributed by atoms with Crippen molar-refractivity contribution in [2.45, 2.75) is 25.8 Å². The van der Waals surface area contributed by atoms with Crippen LogP contribution in [-0.2, 0) is 6.54 Å². The molecule has 1 saturated heterocycles. The summed E-state index contributed by atoms with van der Waals surface area (Å²) < 4.78 is 26.2. The van der Waals surface area contributed by atoms with Gasteiger partial charge >= 0.3 is 0 Å². The van der Waals surface area contributed by atoms with E-state index in [4.69, 9.17) is 0 Å². The lowest BCUT2D eigenvalue weighted by Gasteiger charge is -2.14. The fourth-order valence-corrected chi connectivity index (χ4v) is 2.34. The van der Waals surface area contributed by atoms with Gasteiger partial charge in [-0.15, -0.1) is 0 Å². The van der Waals surface area contributed by atoms with E-state index in [-0.39, 0.29) is 11.6 Å². The highest BCUT2D eigenvalue weighted by Gasteiger charge is 2.10. The first-order valence-electron chi connectivity index (χ1n) is 6.63. The summed E-state index contributed by atoms with van der Waals surface area (Å²) in [6, 6.07) is 3.57. The molecule has 1 fully saturated rings. The summed E-state index contributed by atoms with van der Waals surface area (Å²) in [5.74, 6) is -0.728. The third-order valence-corrected chi connectivity index (χ3v) is 3.35. The van der Waals surface area contributed by atoms with Gasteiger partial charge in [0.25, 0.3) is 0 Å². The Kier molecular flexibility index (Phi) is 5.08. The van der Waals surface area contributed by atoms with Gasteiger partial charge in [0.05, 0.1) is 0 Å². The molecule has 18 heavy (non-hydrogen) atoms. The van der Waals surface area contributed by atoms with Crippen molar-refractivity contribution < 1.29 is 8.78 Å². The maximum atomic E-state index is 13.3. The Morgan fingerprint density at radius 3 is 2.72 bits per heavy atom. The van der Waals surface area contributed by atoms with Crippen LogP contribution in [0, 0.1) is 11.6 Å². The van der Waals surface area contributed by atoms with Crippen LogP contribution in [0.4, 0.5) is 8.78 Å². The molecule has 1 aromatic carbocycles. The van der Waals surface area contributed by atoms with Crippen LogP contribution in [0.1, 0.15) is 24.8 Å². The number of likely N-dealkylation sites (tertiary alicyclic amines) is 1. The molecule has 0 aromatic heterocycles. The maximum Gasteiger partial charge on any atom is 0.127 e. The van der Waals surface area contributed by atoms with Gasteiger partial charge < -0.3 is 10.2 Å². The third kappa shape index (κ3) is 4.03. The van der Waals surface area contributed by atoms with Crippen molar-refractivity contribution in [2.24, 2.45) is 0 Å². The van der Waals surface area contributed by atoms with E-state index < -0.39 is 0 Å². The summed E-state index contributed by atoms with van der Waals surface area (Å²) in [5, 5.41) is 3.16. The molecule has 1 N–H and O–H groups in total. The fraction of sp³-hybridized carbons (Fsp3) is 0.571. The van der Waals surface area contributed by atoms with Crippen molar-refractivity contribution >= 4 is 0 Å². The van der Waals surface area contributed by atoms with Crippen LogP contribution in [0.25, 0.3) is 0 Å². The van der Waals surface area contributed by atoms with Gasteiger partial charge in [0.2, 0.25) is 0 Å². The zero-order valence-electron chi connectivity index (χ0n) is 10.6. The zero-order chi connectivity index (χ0) is 12.8. The highest BCUT2D eigenvalue weighted by atomic mass is 19.1. The van der Waals surface area contributed by atoms with Crippen LogP contribution in [0.2, 0.25) is 0 Å². The van der Waals surface area contributed by atoms with E-state index in [1.165, 1.54) is 38.1 Å². The molecule has 0 bridgehead atoms. The number of hydrogen-bond donors (Lipinski definition) is 1. The van der Waals surface area contributed by atoms with E-state index in [0.29, 0.717) is 12.1 Å². The molecule has 1 aliphatic heterocycles. The molecule has 0 amide bonds. The minimum absolute atomic E-state index is 0.344. The molecular formula is C14H20F2N2. The normalized spacial score (nSPS) is 16.3. The summed E-state index contributed by atoms with van der Waals surface area (Å²) in [6.07, 6.45) is 3.67. The van der Waals surface area contributed by atoms with E-state index in [1.807, 2.05) is 0 Å². The molecule has 0 unspecified atom stereocenters. The Morgan fingerprint density at radius 1 is 1.17 bits per heavy atom. The lowest BCUT2D eigenvalue weighted by molar-refractivity contribution is 0.331. The van der Waals surface area contributed by atoms with Crippen molar-refractivity contribution in [3.63, 3.8) is 0 Å². The van der Waals surface area contributed by atoms with Crippen molar-refractivity contribution in [2.75, 3.05) is 26.2 Å². The van der Waals surface area contributed by atoms with Crippen LogP contribution in [0.15, 0.2) is 18.2 Å². The average molecular weight is 254 g/mol. The van der Waals surface area contributed by atoms with Gasteiger partial charge in [0.1, 0.15) is 11.6 Å². The molecule has 4 heteroatoms. The number of hydrogen-bond acceptors (Lipinski definition) is 2. The van der Waals surface area contributed by atoms with E-state index in [1.54, 1.807) is 0 Å². The van der Waals surface area contributed by atoms with Crippen molar-refractivity contribution in [3.8, 4) is 0 Å². The third-order valence-electron chi connectivity index (χ3n) is 3.35. The number of nitrogens with zero attached hydrogens (tertiary/aromatic N) is 1. The second-order valence-corrected chi connectivity index (χ2v) is 4.81. The van der Waals surface area contributed by atoms with Crippen LogP contribution in [0.5, 0.6) is 0 Å². The van der Waals surface area contributed by atoms with Gasteiger partial charge in [0.15, 0.2) is 0 Å². The summed E-state index contributed by atoms with van der Waals surface area (Å²) in [4.78, 5) is 2.45. The Bertz CT molecular complexity index is 376. The van der Waals surface area contributed by atoms with Crippen LogP contribution in [-0.4, -0.2) is 31.1 Å². The minimum atomic E-state index is -0.384. The SMILES string of the molecule is Fc1ccc(F)c(CNCCCN2CCCC2)c1. The predicted octanol–water partition coefficient (Wildman–Crippen LogP) is 2.54. The second-order valence-electron chi connectivity index (χ2n) is 4.81. The summed E-state index contributed by atoms with van der Waals surface area (Å²) >= 11 is 0. The molecule has 2 rings (SSSR count). The number of halogens is 2. The number of rotatable bonds is 6. The summed E-state index contributed by atoms with van der Waals surface area (Å²) in [7, 11) is 0. The average Bonchev–Trinajstić information content (AvgIpc) is 2.86. The van der Waals surface area contributed by atoms with E-state index in [2.05, 4.69) is 10.2 Å². The molecule has 0 radical (unpaired) electrons. The van der Waals surface area contributed by atoms with Crippen LogP contribution < -0.4 is 5.32 Å². The van der Waals surface area contributed by atoms with Crippen molar-refractivity contribution in [1.82, 2.24) is 10.2 Å². The Morgan fingerprint density at radius 2 is 1.94 bits per heavy atom. The van der Waals surface area contributed by atoms with Crippen molar-refractivity contribution in [3.05, 3.63) is 35.4 Å². The van der Waals surface area contributed by atoms with E-state index >= 15 is 0 Å². The molecule has 0 atom stereocenters. The minimum Gasteiger partial charge on any atom is -0.313 e. The molecule has 0 saturated carbocycles. The van der Waals surface area contributed by atoms with Gasteiger partial charge in [-0.3, -0.25) is 0 Å². The topological polar surface area (TPSA) is 15.3 Å². The molecular weight excluding hydrogens is 234 g/mol. The maximum absolute atomic E-state index is 13.3. The summed E-state index contributed by atoms with van der Waals surface area (Å²) in [5.41, 5.74) is 0.399. The van der Waals surface area contributed by atoms with Gasteiger partial charge in [-0.05, 0) is 63.6 Å². The predicted molar refractivity (Wildman–Crippen MR) is 68.4 cm³/mol. The fourth-order valence-electron chi connectivity index (χ4n) is 2.34. The monoisotopic (exact) mass is 254 g/mol. The smallest absolute Gasteiger partial charge is 0.127 e. The molecule has 1 heterocycles. The highest BCUT2D eigenvalue weighted by Crippen LogP contribution is 2.09. The molecule has 100 valence electrons. The molecule has 2 nitrogen and oxygen atoms in total. The lowest BCUT2D eigenvalue weighted by atomic mass is 10.2.